The van der Waals surface area contributed by atoms with Gasteiger partial charge in [-0.1, -0.05) is 44.2 Å². The van der Waals surface area contributed by atoms with E-state index in [1.807, 2.05) is 37.3 Å². The Bertz CT molecular complexity index is 978. The Balaban J connectivity index is 1.78. The molecule has 0 amide bonds. The first-order valence-electron chi connectivity index (χ1n) is 8.92. The quantitative estimate of drug-likeness (QED) is 0.692. The van der Waals surface area contributed by atoms with E-state index in [1.54, 1.807) is 7.11 Å². The zero-order valence-electron chi connectivity index (χ0n) is 16.0. The lowest BCUT2D eigenvalue weighted by molar-refractivity contribution is 0.416. The monoisotopic (exact) mass is 364 g/mol. The summed E-state index contributed by atoms with van der Waals surface area (Å²) >= 11 is 0. The maximum Gasteiger partial charge on any atom is 0.274 e. The van der Waals surface area contributed by atoms with Crippen molar-refractivity contribution in [2.75, 3.05) is 12.4 Å². The maximum absolute atomic E-state index is 12.4. The van der Waals surface area contributed by atoms with Gasteiger partial charge in [-0.3, -0.25) is 9.78 Å². The van der Waals surface area contributed by atoms with Gasteiger partial charge in [0.15, 0.2) is 0 Å². The van der Waals surface area contributed by atoms with Crippen LogP contribution in [-0.2, 0) is 6.42 Å². The highest BCUT2D eigenvalue weighted by atomic mass is 16.5. The minimum absolute atomic E-state index is 0.257. The van der Waals surface area contributed by atoms with E-state index in [-0.39, 0.29) is 11.5 Å². The summed E-state index contributed by atoms with van der Waals surface area (Å²) in [7, 11) is 1.60. The summed E-state index contributed by atoms with van der Waals surface area (Å²) in [5.74, 6) is 1.42. The number of aromatic nitrogens is 3. The lowest BCUT2D eigenvalue weighted by Crippen LogP contribution is -2.19. The summed E-state index contributed by atoms with van der Waals surface area (Å²) in [6, 6.07) is 14.0. The molecule has 0 radical (unpaired) electrons. The van der Waals surface area contributed by atoms with Gasteiger partial charge in [-0.2, -0.15) is 0 Å². The van der Waals surface area contributed by atoms with E-state index in [0.29, 0.717) is 23.8 Å². The Morgan fingerprint density at radius 3 is 2.48 bits per heavy atom. The van der Waals surface area contributed by atoms with E-state index >= 15 is 0 Å². The van der Waals surface area contributed by atoms with Crippen molar-refractivity contribution in [3.8, 4) is 5.75 Å². The molecule has 3 aromatic rings. The van der Waals surface area contributed by atoms with Gasteiger partial charge < -0.3 is 10.1 Å². The highest BCUT2D eigenvalue weighted by Crippen LogP contribution is 2.27. The van der Waals surface area contributed by atoms with Gasteiger partial charge >= 0.3 is 0 Å². The molecule has 0 spiro atoms. The molecule has 6 heteroatoms. The number of benzene rings is 2. The van der Waals surface area contributed by atoms with Gasteiger partial charge in [0, 0.05) is 6.42 Å². The van der Waals surface area contributed by atoms with E-state index in [2.05, 4.69) is 46.5 Å². The van der Waals surface area contributed by atoms with Crippen molar-refractivity contribution in [2.24, 2.45) is 0 Å². The number of nitrogens with one attached hydrogen (secondary N) is 2. The van der Waals surface area contributed by atoms with Gasteiger partial charge in [0.2, 0.25) is 5.95 Å². The van der Waals surface area contributed by atoms with Gasteiger partial charge in [-0.05, 0) is 41.7 Å². The predicted octanol–water partition coefficient (Wildman–Crippen LogP) is 3.94. The number of H-pyrrole nitrogens is 1. The maximum atomic E-state index is 12.4. The SMILES string of the molecule is COc1ccc(C)cc1Nc1nnc(Cc2ccc(C(C)C)cc2)c(=O)[nH]1. The Kier molecular flexibility index (Phi) is 5.54. The van der Waals surface area contributed by atoms with Crippen LogP contribution in [0.2, 0.25) is 0 Å². The average Bonchev–Trinajstić information content (AvgIpc) is 2.64. The van der Waals surface area contributed by atoms with E-state index < -0.39 is 0 Å². The predicted molar refractivity (Wildman–Crippen MR) is 107 cm³/mol. The van der Waals surface area contributed by atoms with Crippen LogP contribution in [0.3, 0.4) is 0 Å². The lowest BCUT2D eigenvalue weighted by atomic mass is 10.0. The topological polar surface area (TPSA) is 79.9 Å². The van der Waals surface area contributed by atoms with Gasteiger partial charge in [-0.25, -0.2) is 0 Å². The number of ether oxygens (including phenoxy) is 1. The fraction of sp³-hybridized carbons (Fsp3) is 0.286. The molecule has 0 atom stereocenters. The molecule has 2 aromatic carbocycles. The highest BCUT2D eigenvalue weighted by molar-refractivity contribution is 5.63. The normalized spacial score (nSPS) is 10.9. The van der Waals surface area contributed by atoms with Crippen molar-refractivity contribution < 1.29 is 4.74 Å². The molecule has 0 saturated carbocycles. The zero-order valence-corrected chi connectivity index (χ0v) is 16.0. The van der Waals surface area contributed by atoms with Crippen molar-refractivity contribution in [1.29, 1.82) is 0 Å². The molecule has 1 aromatic heterocycles. The molecular formula is C21H24N4O2. The molecular weight excluding hydrogens is 340 g/mol. The third kappa shape index (κ3) is 4.53. The third-order valence-electron chi connectivity index (χ3n) is 4.39. The average molecular weight is 364 g/mol. The zero-order chi connectivity index (χ0) is 19.4. The minimum Gasteiger partial charge on any atom is -0.495 e. The molecule has 0 bridgehead atoms. The van der Waals surface area contributed by atoms with Crippen LogP contribution in [0.4, 0.5) is 11.6 Å². The highest BCUT2D eigenvalue weighted by Gasteiger charge is 2.09. The van der Waals surface area contributed by atoms with E-state index in [9.17, 15) is 4.79 Å². The summed E-state index contributed by atoms with van der Waals surface area (Å²) in [6.07, 6.45) is 0.439. The minimum atomic E-state index is -0.257. The third-order valence-corrected chi connectivity index (χ3v) is 4.39. The first-order valence-corrected chi connectivity index (χ1v) is 8.92. The molecule has 0 aliphatic rings. The van der Waals surface area contributed by atoms with Crippen molar-refractivity contribution >= 4 is 11.6 Å². The molecule has 0 saturated heterocycles. The molecule has 2 N–H and O–H groups in total. The van der Waals surface area contributed by atoms with Gasteiger partial charge in [0.05, 0.1) is 12.8 Å². The fourth-order valence-corrected chi connectivity index (χ4v) is 2.79. The molecule has 0 unspecified atom stereocenters. The number of aromatic amines is 1. The molecule has 0 aliphatic carbocycles. The molecule has 6 nitrogen and oxygen atoms in total. The molecule has 1 heterocycles. The number of rotatable bonds is 6. The fourth-order valence-electron chi connectivity index (χ4n) is 2.79. The molecule has 0 fully saturated rings. The second kappa shape index (κ2) is 8.03. The Morgan fingerprint density at radius 2 is 1.85 bits per heavy atom. The van der Waals surface area contributed by atoms with E-state index in [1.165, 1.54) is 5.56 Å². The van der Waals surface area contributed by atoms with Crippen LogP contribution in [0.15, 0.2) is 47.3 Å². The second-order valence-electron chi connectivity index (χ2n) is 6.85. The van der Waals surface area contributed by atoms with Gasteiger partial charge in [0.25, 0.3) is 5.56 Å². The van der Waals surface area contributed by atoms with Gasteiger partial charge in [-0.15, -0.1) is 10.2 Å². The van der Waals surface area contributed by atoms with Crippen molar-refractivity contribution in [1.82, 2.24) is 15.2 Å². The van der Waals surface area contributed by atoms with Crippen LogP contribution in [0, 0.1) is 6.92 Å². The Labute approximate surface area is 158 Å². The first kappa shape index (κ1) is 18.6. The number of nitrogens with zero attached hydrogens (tertiary/aromatic N) is 2. The number of methoxy groups -OCH3 is 1. The van der Waals surface area contributed by atoms with Crippen LogP contribution in [0.1, 0.15) is 42.1 Å². The summed E-state index contributed by atoms with van der Waals surface area (Å²) < 4.78 is 5.33. The molecule has 140 valence electrons. The van der Waals surface area contributed by atoms with Crippen LogP contribution in [0.25, 0.3) is 0 Å². The Hall–Kier alpha value is -3.15. The molecule has 27 heavy (non-hydrogen) atoms. The summed E-state index contributed by atoms with van der Waals surface area (Å²) in [5, 5.41) is 11.3. The molecule has 0 aliphatic heterocycles. The number of hydrogen-bond donors (Lipinski definition) is 2. The first-order chi connectivity index (χ1) is 13.0. The molecule has 3 rings (SSSR count). The van der Waals surface area contributed by atoms with E-state index in [0.717, 1.165) is 16.8 Å². The number of hydrogen-bond acceptors (Lipinski definition) is 5. The van der Waals surface area contributed by atoms with E-state index in [4.69, 9.17) is 4.74 Å². The van der Waals surface area contributed by atoms with Crippen LogP contribution in [-0.4, -0.2) is 22.3 Å². The number of aryl methyl sites for hydroxylation is 1. The number of anilines is 2. The van der Waals surface area contributed by atoms with Crippen molar-refractivity contribution in [2.45, 2.75) is 33.1 Å². The summed E-state index contributed by atoms with van der Waals surface area (Å²) in [6.45, 7) is 6.28. The largest absolute Gasteiger partial charge is 0.495 e. The second-order valence-corrected chi connectivity index (χ2v) is 6.85. The Morgan fingerprint density at radius 1 is 1.11 bits per heavy atom. The summed E-state index contributed by atoms with van der Waals surface area (Å²) in [5.41, 5.74) is 4.21. The standard InChI is InChI=1S/C21H24N4O2/c1-13(2)16-8-6-15(7-9-16)12-18-20(26)23-21(25-24-18)22-17-11-14(3)5-10-19(17)27-4/h5-11,13H,12H2,1-4H3,(H2,22,23,25,26). The smallest absolute Gasteiger partial charge is 0.274 e. The van der Waals surface area contributed by atoms with Crippen LogP contribution >= 0.6 is 0 Å². The van der Waals surface area contributed by atoms with Crippen molar-refractivity contribution in [3.05, 3.63) is 75.2 Å². The van der Waals surface area contributed by atoms with Crippen molar-refractivity contribution in [3.63, 3.8) is 0 Å². The van der Waals surface area contributed by atoms with Crippen LogP contribution < -0.4 is 15.6 Å². The van der Waals surface area contributed by atoms with Crippen LogP contribution in [0.5, 0.6) is 5.75 Å². The summed E-state index contributed by atoms with van der Waals surface area (Å²) in [4.78, 5) is 15.2. The van der Waals surface area contributed by atoms with Gasteiger partial charge in [0.1, 0.15) is 11.4 Å². The lowest BCUT2D eigenvalue weighted by Gasteiger charge is -2.11.